The van der Waals surface area contributed by atoms with E-state index in [1.807, 2.05) is 0 Å². The molecule has 0 spiro atoms. The Balaban J connectivity index is 1.36. The van der Waals surface area contributed by atoms with Crippen molar-refractivity contribution in [3.05, 3.63) is 94.0 Å². The summed E-state index contributed by atoms with van der Waals surface area (Å²) in [4.78, 5) is 51.2. The van der Waals surface area contributed by atoms with Crippen LogP contribution < -0.4 is 26.0 Å². The molecule has 1 aliphatic rings. The molecule has 1 fully saturated rings. The summed E-state index contributed by atoms with van der Waals surface area (Å²) in [5.41, 5.74) is 7.58. The number of halogens is 2. The third-order valence-electron chi connectivity index (χ3n) is 7.40. The predicted molar refractivity (Wildman–Crippen MR) is 182 cm³/mol. The molecule has 4 atom stereocenters. The number of thioether (sulfide) groups is 1. The summed E-state index contributed by atoms with van der Waals surface area (Å²) in [6, 6.07) is 19.1. The monoisotopic (exact) mass is 703 g/mol. The van der Waals surface area contributed by atoms with Crippen LogP contribution >= 0.6 is 35.0 Å². The summed E-state index contributed by atoms with van der Waals surface area (Å²) in [7, 11) is 0. The van der Waals surface area contributed by atoms with Crippen LogP contribution in [0.15, 0.2) is 72.8 Å². The number of β-lactam (4-membered cyclic amide) rings is 1. The van der Waals surface area contributed by atoms with Gasteiger partial charge in [0, 0.05) is 21.5 Å². The molecule has 47 heavy (non-hydrogen) atoms. The number of aliphatic hydroxyl groups is 1. The number of rotatable bonds is 17. The number of ether oxygens (including phenoxy) is 1. The van der Waals surface area contributed by atoms with Crippen LogP contribution in [0.5, 0.6) is 5.75 Å². The quantitative estimate of drug-likeness (QED) is 0.103. The molecule has 1 saturated heterocycles. The van der Waals surface area contributed by atoms with Gasteiger partial charge in [-0.1, -0.05) is 47.5 Å². The van der Waals surface area contributed by atoms with E-state index in [4.69, 9.17) is 35.1 Å². The largest absolute Gasteiger partial charge is 0.484 e. The number of nitrogens with one attached hydrogen (secondary N) is 2. The van der Waals surface area contributed by atoms with Crippen LogP contribution in [0.1, 0.15) is 42.5 Å². The zero-order chi connectivity index (χ0) is 34.8. The Hall–Kier alpha value is -3.81. The van der Waals surface area contributed by atoms with Crippen LogP contribution in [0.2, 0.25) is 11.5 Å². The molecule has 11 nitrogen and oxygen atoms in total. The number of unbranched alkanes of at least 4 members (excludes halogenated alkanes) is 1. The fraction of sp³-hybridized carbons (Fsp3) is 0.333. The molecule has 6 N–H and O–H groups in total. The third kappa shape index (κ3) is 10.1. The Morgan fingerprint density at radius 2 is 1.62 bits per heavy atom. The molecule has 1 heterocycles. The number of carboxylic acid groups (broad SMARTS) is 1. The van der Waals surface area contributed by atoms with Gasteiger partial charge in [-0.15, -0.1) is 11.8 Å². The van der Waals surface area contributed by atoms with E-state index in [-0.39, 0.29) is 24.1 Å². The molecule has 3 aromatic rings. The number of nitrogens with two attached hydrogens (primary N) is 1. The van der Waals surface area contributed by atoms with Crippen LogP contribution in [-0.2, 0) is 19.2 Å². The van der Waals surface area contributed by atoms with Gasteiger partial charge in [-0.3, -0.25) is 14.4 Å². The fourth-order valence-corrected chi connectivity index (χ4v) is 6.47. The Labute approximate surface area is 288 Å². The number of carbonyl (C=O) groups excluding carboxylic acids is 3. The standard InChI is InChI=1S/C33H36Cl2N4O7S/c34-22-8-4-20(5-9-22)27(40)19-47-31-30(39(32(31)43)24-12-10-23(35)11-13-24)21-6-14-25(15-7-21)46-18-29(42)37-17-28(41)38-26(33(44)45)3-1-2-16-36/h4-15,26-27,30-31,40H,1-3,16-19,36H2,(H,37,42)(H,38,41)(H,44,45)/t26-,27?,30+,31+/m0/s1/i/hD. The summed E-state index contributed by atoms with van der Waals surface area (Å²) < 4.78 is 13.5. The van der Waals surface area contributed by atoms with Crippen LogP contribution in [0, 0.1) is 0 Å². The Bertz CT molecular complexity index is 1570. The van der Waals surface area contributed by atoms with Crippen LogP contribution in [0.25, 0.3) is 0 Å². The van der Waals surface area contributed by atoms with Gasteiger partial charge in [0.2, 0.25) is 11.8 Å². The first kappa shape index (κ1) is 34.5. The highest BCUT2D eigenvalue weighted by Crippen LogP contribution is 2.46. The number of carbonyl (C=O) groups is 4. The Kier molecular flexibility index (Phi) is 12.8. The summed E-state index contributed by atoms with van der Waals surface area (Å²) in [5.74, 6) is -2.32. The Morgan fingerprint density at radius 1 is 0.979 bits per heavy atom. The zero-order valence-corrected chi connectivity index (χ0v) is 27.6. The van der Waals surface area contributed by atoms with Crippen molar-refractivity contribution in [2.24, 2.45) is 5.73 Å². The van der Waals surface area contributed by atoms with E-state index in [1.54, 1.807) is 77.7 Å². The lowest BCUT2D eigenvalue weighted by Crippen LogP contribution is -2.57. The molecule has 14 heteroatoms. The maximum atomic E-state index is 13.4. The topological polar surface area (TPSA) is 171 Å². The van der Waals surface area contributed by atoms with Gasteiger partial charge >= 0.3 is 5.97 Å². The van der Waals surface area contributed by atoms with Gasteiger partial charge in [-0.05, 0) is 85.5 Å². The number of anilines is 1. The second-order valence-electron chi connectivity index (χ2n) is 10.8. The minimum Gasteiger partial charge on any atom is -0.484 e. The van der Waals surface area contributed by atoms with Crippen molar-refractivity contribution >= 4 is 64.3 Å². The molecule has 0 aliphatic carbocycles. The van der Waals surface area contributed by atoms with Crippen LogP contribution in [-0.4, -0.2) is 70.6 Å². The van der Waals surface area contributed by atoms with Gasteiger partial charge in [0.25, 0.3) is 5.91 Å². The molecule has 3 aromatic carbocycles. The van der Waals surface area contributed by atoms with Gasteiger partial charge in [-0.25, -0.2) is 4.79 Å². The van der Waals surface area contributed by atoms with Crippen molar-refractivity contribution in [3.63, 3.8) is 0 Å². The van der Waals surface area contributed by atoms with Gasteiger partial charge in [-0.2, -0.15) is 0 Å². The summed E-state index contributed by atoms with van der Waals surface area (Å²) >= 11 is 13.4. The van der Waals surface area contributed by atoms with Crippen molar-refractivity contribution in [1.82, 2.24) is 10.6 Å². The highest BCUT2D eigenvalue weighted by Gasteiger charge is 2.49. The average molecular weight is 705 g/mol. The normalized spacial score (nSPS) is 17.2. The van der Waals surface area contributed by atoms with Gasteiger partial charge in [0.05, 0.1) is 18.7 Å². The maximum absolute atomic E-state index is 13.4. The molecule has 0 radical (unpaired) electrons. The third-order valence-corrected chi connectivity index (χ3v) is 9.23. The molecule has 0 aromatic heterocycles. The van der Waals surface area contributed by atoms with Crippen molar-refractivity contribution in [3.8, 4) is 5.75 Å². The fourth-order valence-electron chi connectivity index (χ4n) is 4.92. The van der Waals surface area contributed by atoms with E-state index in [0.717, 1.165) is 5.56 Å². The molecule has 0 saturated carbocycles. The van der Waals surface area contributed by atoms with Crippen LogP contribution in [0.4, 0.5) is 5.69 Å². The van der Waals surface area contributed by atoms with E-state index in [9.17, 15) is 29.4 Å². The lowest BCUT2D eigenvalue weighted by atomic mass is 9.92. The van der Waals surface area contributed by atoms with Gasteiger partial charge < -0.3 is 36.2 Å². The highest BCUT2D eigenvalue weighted by atomic mass is 35.5. The first-order chi connectivity index (χ1) is 23.0. The minimum absolute atomic E-state index is 0.119. The predicted octanol–water partition coefficient (Wildman–Crippen LogP) is 4.11. The lowest BCUT2D eigenvalue weighted by Gasteiger charge is -2.47. The first-order valence-electron chi connectivity index (χ1n) is 15.3. The summed E-state index contributed by atoms with van der Waals surface area (Å²) in [6.45, 7) is -0.796. The van der Waals surface area contributed by atoms with Gasteiger partial charge in [0.1, 0.15) is 17.0 Å². The SMILES string of the molecule is [2H]N(CC(=O)N[C@@H](CCCCN)C(=O)O)C(=O)COc1ccc([C@@H]2[C@@H](SCC(O)c3ccc(Cl)cc3)C(=O)N2c2ccc(Cl)cc2)cc1. The number of benzene rings is 3. The lowest BCUT2D eigenvalue weighted by molar-refractivity contribution is -0.142. The van der Waals surface area contributed by atoms with E-state index in [0.29, 0.717) is 51.7 Å². The maximum Gasteiger partial charge on any atom is 0.326 e. The number of amides is 3. The minimum atomic E-state index is -1.21. The molecule has 1 unspecified atom stereocenters. The molecular formula is C33H36Cl2N4O7S. The van der Waals surface area contributed by atoms with Crippen molar-refractivity contribution in [1.29, 1.82) is 0 Å². The molecular weight excluding hydrogens is 667 g/mol. The van der Waals surface area contributed by atoms with Crippen molar-refractivity contribution in [2.75, 3.05) is 30.3 Å². The number of nitrogens with zero attached hydrogens (tertiary/aromatic N) is 1. The molecule has 1 aliphatic heterocycles. The number of carboxylic acids is 1. The molecule has 4 rings (SSSR count). The number of aliphatic carboxylic acids is 1. The number of aliphatic hydroxyl groups excluding tert-OH is 1. The second kappa shape index (κ2) is 17.4. The van der Waals surface area contributed by atoms with Crippen molar-refractivity contribution < 1.29 is 35.5 Å². The molecule has 0 bridgehead atoms. The summed E-state index contributed by atoms with van der Waals surface area (Å²) in [5, 5.41) is 23.4. The van der Waals surface area contributed by atoms with E-state index in [1.165, 1.54) is 11.8 Å². The Morgan fingerprint density at radius 3 is 2.23 bits per heavy atom. The molecule has 3 amide bonds. The highest BCUT2D eigenvalue weighted by molar-refractivity contribution is 8.00. The number of hydrogen-bond acceptors (Lipinski definition) is 8. The van der Waals surface area contributed by atoms with E-state index < -0.39 is 48.3 Å². The van der Waals surface area contributed by atoms with E-state index in [2.05, 4.69) is 5.32 Å². The second-order valence-corrected chi connectivity index (χ2v) is 12.8. The molecule has 250 valence electrons. The number of hydrogen-bond donors (Lipinski definition) is 5. The van der Waals surface area contributed by atoms with Gasteiger partial charge in [0.15, 0.2) is 8.02 Å². The average Bonchev–Trinajstić information content (AvgIpc) is 3.07. The van der Waals surface area contributed by atoms with E-state index >= 15 is 0 Å². The van der Waals surface area contributed by atoms with Crippen LogP contribution in [0.3, 0.4) is 0 Å². The summed E-state index contributed by atoms with van der Waals surface area (Å²) in [6.07, 6.45) is 0.490. The smallest absolute Gasteiger partial charge is 0.326 e. The first-order valence-corrected chi connectivity index (χ1v) is 16.7. The van der Waals surface area contributed by atoms with Crippen molar-refractivity contribution in [2.45, 2.75) is 42.7 Å². The zero-order valence-electron chi connectivity index (χ0n) is 26.3.